The Hall–Kier alpha value is -2.22. The van der Waals surface area contributed by atoms with E-state index in [1.807, 2.05) is 58.3 Å². The molecule has 2 amide bonds. The molecule has 2 aliphatic heterocycles. The number of rotatable bonds is 4. The van der Waals surface area contributed by atoms with Crippen molar-refractivity contribution in [3.63, 3.8) is 0 Å². The van der Waals surface area contributed by atoms with Crippen molar-refractivity contribution in [2.75, 3.05) is 26.2 Å². The lowest BCUT2D eigenvalue weighted by Gasteiger charge is -2.40. The number of carbonyl (C=O) groups is 2. The summed E-state index contributed by atoms with van der Waals surface area (Å²) in [6, 6.07) is 18.1. The van der Waals surface area contributed by atoms with E-state index in [9.17, 15) is 9.59 Å². The van der Waals surface area contributed by atoms with Crippen molar-refractivity contribution in [2.24, 2.45) is 0 Å². The van der Waals surface area contributed by atoms with E-state index in [0.29, 0.717) is 12.1 Å². The molecule has 0 bridgehead atoms. The van der Waals surface area contributed by atoms with E-state index in [4.69, 9.17) is 0 Å². The largest absolute Gasteiger partial charge is 0.337 e. The first-order chi connectivity index (χ1) is 14.6. The van der Waals surface area contributed by atoms with E-state index in [1.165, 1.54) is 0 Å². The molecule has 7 heteroatoms. The van der Waals surface area contributed by atoms with Gasteiger partial charge in [-0.2, -0.15) is 0 Å². The Morgan fingerprint density at radius 3 is 2.50 bits per heavy atom. The second-order valence-electron chi connectivity index (χ2n) is 7.97. The molecule has 5 nitrogen and oxygen atoms in total. The van der Waals surface area contributed by atoms with Gasteiger partial charge >= 0.3 is 0 Å². The highest BCUT2D eigenvalue weighted by Crippen LogP contribution is 2.30. The molecule has 1 aromatic heterocycles. The summed E-state index contributed by atoms with van der Waals surface area (Å²) < 4.78 is 2.15. The zero-order valence-electron chi connectivity index (χ0n) is 16.4. The fourth-order valence-electron chi connectivity index (χ4n) is 4.19. The van der Waals surface area contributed by atoms with Crippen molar-refractivity contribution in [1.82, 2.24) is 15.1 Å². The van der Waals surface area contributed by atoms with Crippen LogP contribution in [0.25, 0.3) is 10.1 Å². The number of nitrogens with one attached hydrogen (secondary N) is 1. The molecule has 2 aliphatic rings. The number of halogens is 1. The van der Waals surface area contributed by atoms with Crippen LogP contribution < -0.4 is 5.32 Å². The van der Waals surface area contributed by atoms with Gasteiger partial charge in [0.25, 0.3) is 11.8 Å². The smallest absolute Gasteiger partial charge is 0.264 e. The minimum Gasteiger partial charge on any atom is -0.337 e. The quantitative estimate of drug-likeness (QED) is 0.610. The van der Waals surface area contributed by atoms with Gasteiger partial charge in [-0.3, -0.25) is 9.59 Å². The fraction of sp³-hybridized carbons (Fsp3) is 0.304. The number of amides is 2. The van der Waals surface area contributed by atoms with E-state index in [2.05, 4.69) is 27.3 Å². The Balaban J connectivity index is 1.13. The Kier molecular flexibility index (Phi) is 5.35. The summed E-state index contributed by atoms with van der Waals surface area (Å²) in [4.78, 5) is 30.0. The molecular weight excluding hydrogens is 462 g/mol. The van der Waals surface area contributed by atoms with Gasteiger partial charge in [0.05, 0.1) is 4.88 Å². The van der Waals surface area contributed by atoms with E-state index < -0.39 is 0 Å². The average Bonchev–Trinajstić information content (AvgIpc) is 3.36. The predicted octanol–water partition coefficient (Wildman–Crippen LogP) is 3.99. The normalized spacial score (nSPS) is 19.3. The second kappa shape index (κ2) is 8.13. The molecule has 0 aliphatic carbocycles. The van der Waals surface area contributed by atoms with Gasteiger partial charge in [0.15, 0.2) is 0 Å². The molecule has 0 unspecified atom stereocenters. The van der Waals surface area contributed by atoms with Gasteiger partial charge in [0.2, 0.25) is 0 Å². The first kappa shape index (κ1) is 19.7. The maximum absolute atomic E-state index is 12.8. The maximum atomic E-state index is 12.8. The van der Waals surface area contributed by atoms with Crippen molar-refractivity contribution in [3.05, 3.63) is 69.5 Å². The van der Waals surface area contributed by atoms with Gasteiger partial charge in [-0.05, 0) is 42.1 Å². The molecule has 3 aromatic rings. The Morgan fingerprint density at radius 2 is 1.70 bits per heavy atom. The molecule has 2 saturated heterocycles. The molecule has 30 heavy (non-hydrogen) atoms. The minimum atomic E-state index is 0.0988. The van der Waals surface area contributed by atoms with Crippen LogP contribution in [0.15, 0.2) is 59.1 Å². The van der Waals surface area contributed by atoms with Crippen LogP contribution in [0.3, 0.4) is 0 Å². The van der Waals surface area contributed by atoms with Gasteiger partial charge in [-0.1, -0.05) is 40.2 Å². The van der Waals surface area contributed by atoms with Crippen LogP contribution in [0, 0.1) is 0 Å². The van der Waals surface area contributed by atoms with E-state index in [0.717, 1.165) is 57.6 Å². The van der Waals surface area contributed by atoms with Crippen LogP contribution in [0.5, 0.6) is 0 Å². The highest BCUT2D eigenvalue weighted by Gasteiger charge is 2.35. The number of nitrogens with zero attached hydrogens (tertiary/aromatic N) is 2. The molecule has 0 spiro atoms. The number of fused-ring (bicyclic) bond motifs is 1. The highest BCUT2D eigenvalue weighted by atomic mass is 79.9. The summed E-state index contributed by atoms with van der Waals surface area (Å²) in [5, 5.41) is 4.74. The van der Waals surface area contributed by atoms with Crippen molar-refractivity contribution < 1.29 is 9.59 Å². The third-order valence-corrected chi connectivity index (χ3v) is 7.41. The zero-order chi connectivity index (χ0) is 20.7. The first-order valence-electron chi connectivity index (χ1n) is 10.2. The molecule has 154 valence electrons. The third kappa shape index (κ3) is 3.89. The molecule has 0 radical (unpaired) electrons. The van der Waals surface area contributed by atoms with Crippen molar-refractivity contribution in [1.29, 1.82) is 0 Å². The monoisotopic (exact) mass is 483 g/mol. The summed E-state index contributed by atoms with van der Waals surface area (Å²) in [5.41, 5.74) is 0.744. The number of hydrogen-bond acceptors (Lipinski definition) is 4. The van der Waals surface area contributed by atoms with Crippen LogP contribution >= 0.6 is 27.3 Å². The molecule has 1 atom stereocenters. The maximum Gasteiger partial charge on any atom is 0.264 e. The Bertz CT molecular complexity index is 1090. The van der Waals surface area contributed by atoms with Gasteiger partial charge < -0.3 is 15.1 Å². The van der Waals surface area contributed by atoms with Gasteiger partial charge in [0.1, 0.15) is 0 Å². The molecule has 0 saturated carbocycles. The lowest BCUT2D eigenvalue weighted by Crippen LogP contribution is -2.61. The molecule has 1 N–H and O–H groups in total. The molecule has 3 heterocycles. The molecule has 2 fully saturated rings. The number of likely N-dealkylation sites (tertiary alicyclic amines) is 2. The number of thiophene rings is 1. The number of hydrogen-bond donors (Lipinski definition) is 1. The molecular formula is C23H22BrN3O2S. The highest BCUT2D eigenvalue weighted by molar-refractivity contribution is 9.10. The zero-order valence-corrected chi connectivity index (χ0v) is 18.8. The van der Waals surface area contributed by atoms with Crippen LogP contribution in [0.2, 0.25) is 0 Å². The lowest BCUT2D eigenvalue weighted by molar-refractivity contribution is 0.0558. The summed E-state index contributed by atoms with van der Waals surface area (Å²) >= 11 is 5.03. The first-order valence-corrected chi connectivity index (χ1v) is 11.8. The van der Waals surface area contributed by atoms with E-state index in [1.54, 1.807) is 11.3 Å². The van der Waals surface area contributed by atoms with Crippen molar-refractivity contribution >= 4 is 49.2 Å². The second-order valence-corrected chi connectivity index (χ2v) is 9.97. The lowest BCUT2D eigenvalue weighted by atomic mass is 10.1. The summed E-state index contributed by atoms with van der Waals surface area (Å²) in [6.45, 7) is 2.95. The van der Waals surface area contributed by atoms with E-state index >= 15 is 0 Å². The SMILES string of the molecule is O=C(c1ccccc1)N1CC[C@H](NC2CN(C(=O)c3cc4ccc(Br)cc4s3)C2)C1. The van der Waals surface area contributed by atoms with Crippen molar-refractivity contribution in [3.8, 4) is 0 Å². The van der Waals surface area contributed by atoms with Gasteiger partial charge in [0, 0.05) is 53.0 Å². The summed E-state index contributed by atoms with van der Waals surface area (Å²) in [7, 11) is 0. The average molecular weight is 484 g/mol. The Labute approximate surface area is 187 Å². The molecule has 5 rings (SSSR count). The van der Waals surface area contributed by atoms with E-state index in [-0.39, 0.29) is 11.8 Å². The minimum absolute atomic E-state index is 0.0988. The Morgan fingerprint density at radius 1 is 0.933 bits per heavy atom. The van der Waals surface area contributed by atoms with Gasteiger partial charge in [-0.15, -0.1) is 11.3 Å². The predicted molar refractivity (Wildman–Crippen MR) is 123 cm³/mol. The van der Waals surface area contributed by atoms with Crippen LogP contribution in [0.4, 0.5) is 0 Å². The summed E-state index contributed by atoms with van der Waals surface area (Å²) in [5.74, 6) is 0.208. The number of carbonyl (C=O) groups excluding carboxylic acids is 2. The topological polar surface area (TPSA) is 52.7 Å². The molecule has 2 aromatic carbocycles. The van der Waals surface area contributed by atoms with Crippen LogP contribution in [0.1, 0.15) is 26.5 Å². The van der Waals surface area contributed by atoms with Crippen molar-refractivity contribution in [2.45, 2.75) is 18.5 Å². The van der Waals surface area contributed by atoms with Crippen LogP contribution in [-0.4, -0.2) is 59.9 Å². The third-order valence-electron chi connectivity index (χ3n) is 5.83. The summed E-state index contributed by atoms with van der Waals surface area (Å²) in [6.07, 6.45) is 0.953. The number of benzene rings is 2. The van der Waals surface area contributed by atoms with Gasteiger partial charge in [-0.25, -0.2) is 0 Å². The fourth-order valence-corrected chi connectivity index (χ4v) is 5.78. The standard InChI is InChI=1S/C23H22BrN3O2S/c24-17-7-6-16-10-21(30-20(16)11-17)23(29)27-13-19(14-27)25-18-8-9-26(12-18)22(28)15-4-2-1-3-5-15/h1-7,10-11,18-19,25H,8-9,12-14H2/t18-/m0/s1. The van der Waals surface area contributed by atoms with Crippen LogP contribution in [-0.2, 0) is 0 Å².